The molecule has 0 aliphatic carbocycles. The number of rotatable bonds is 7. The minimum Gasteiger partial charge on any atom is -0.493 e. The highest BCUT2D eigenvalue weighted by Crippen LogP contribution is 2.32. The van der Waals surface area contributed by atoms with Crippen LogP contribution in [0.4, 0.5) is 0 Å². The van der Waals surface area contributed by atoms with Crippen LogP contribution >= 0.6 is 26.6 Å². The first-order valence-corrected chi connectivity index (χ1v) is 10.2. The minimum absolute atomic E-state index is 0.0664. The van der Waals surface area contributed by atoms with Gasteiger partial charge in [0, 0.05) is 20.6 Å². The summed E-state index contributed by atoms with van der Waals surface area (Å²) in [5, 5.41) is 0. The topological polar surface area (TPSA) is 43.4 Å². The lowest BCUT2D eigenvalue weighted by molar-refractivity contribution is 0.155. The van der Waals surface area contributed by atoms with Gasteiger partial charge < -0.3 is 4.74 Å². The number of aryl methyl sites for hydroxylation is 2. The lowest BCUT2D eigenvalue weighted by Gasteiger charge is -2.30. The molecule has 1 aromatic rings. The van der Waals surface area contributed by atoms with E-state index < -0.39 is 14.5 Å². The van der Waals surface area contributed by atoms with Crippen molar-refractivity contribution in [1.82, 2.24) is 0 Å². The molecule has 21 heavy (non-hydrogen) atoms. The maximum Gasteiger partial charge on any atom is 0.233 e. The molecule has 6 heteroatoms. The summed E-state index contributed by atoms with van der Waals surface area (Å²) in [5.74, 6) is 0.690. The summed E-state index contributed by atoms with van der Waals surface area (Å²) in [7, 11) is 1.89. The SMILES string of the molecule is CCC(CC)(COc1cc(C)c(Br)c(C)c1)CS(=O)(=O)Cl. The van der Waals surface area contributed by atoms with Gasteiger partial charge in [-0.05, 0) is 49.9 Å². The van der Waals surface area contributed by atoms with Crippen molar-refractivity contribution >= 4 is 35.7 Å². The molecule has 0 heterocycles. The van der Waals surface area contributed by atoms with Crippen LogP contribution in [0.15, 0.2) is 16.6 Å². The van der Waals surface area contributed by atoms with E-state index in [1.807, 2.05) is 39.8 Å². The van der Waals surface area contributed by atoms with Crippen LogP contribution in [-0.2, 0) is 9.05 Å². The second-order valence-electron chi connectivity index (χ2n) is 5.55. The average Bonchev–Trinajstić information content (AvgIpc) is 2.39. The van der Waals surface area contributed by atoms with Gasteiger partial charge in [-0.2, -0.15) is 0 Å². The smallest absolute Gasteiger partial charge is 0.233 e. The summed E-state index contributed by atoms with van der Waals surface area (Å²) in [6.45, 7) is 8.27. The molecule has 1 aromatic carbocycles. The predicted molar refractivity (Wildman–Crippen MR) is 91.8 cm³/mol. The third-order valence-electron chi connectivity index (χ3n) is 3.93. The van der Waals surface area contributed by atoms with Gasteiger partial charge >= 0.3 is 0 Å². The zero-order valence-corrected chi connectivity index (χ0v) is 16.0. The first kappa shape index (κ1) is 18.8. The lowest BCUT2D eigenvalue weighted by atomic mass is 9.85. The number of hydrogen-bond acceptors (Lipinski definition) is 3. The highest BCUT2D eigenvalue weighted by atomic mass is 79.9. The van der Waals surface area contributed by atoms with E-state index in [-0.39, 0.29) is 5.75 Å². The van der Waals surface area contributed by atoms with Crippen molar-refractivity contribution in [3.63, 3.8) is 0 Å². The Kier molecular flexibility index (Phi) is 6.56. The summed E-state index contributed by atoms with van der Waals surface area (Å²) >= 11 is 3.52. The molecule has 0 aliphatic rings. The Bertz CT molecular complexity index is 572. The molecule has 120 valence electrons. The molecule has 0 saturated heterocycles. The second kappa shape index (κ2) is 7.34. The monoisotopic (exact) mass is 396 g/mol. The van der Waals surface area contributed by atoms with E-state index in [0.717, 1.165) is 21.3 Å². The third kappa shape index (κ3) is 5.46. The van der Waals surface area contributed by atoms with Gasteiger partial charge in [0.2, 0.25) is 9.05 Å². The second-order valence-corrected chi connectivity index (χ2v) is 9.12. The van der Waals surface area contributed by atoms with Gasteiger partial charge in [-0.15, -0.1) is 0 Å². The first-order chi connectivity index (χ1) is 9.62. The van der Waals surface area contributed by atoms with Crippen LogP contribution in [0.2, 0.25) is 0 Å². The number of hydrogen-bond donors (Lipinski definition) is 0. The molecule has 0 aliphatic heterocycles. The zero-order chi connectivity index (χ0) is 16.3. The molecule has 0 aromatic heterocycles. The Balaban J connectivity index is 2.92. The van der Waals surface area contributed by atoms with Crippen LogP contribution in [0.3, 0.4) is 0 Å². The van der Waals surface area contributed by atoms with Crippen molar-refractivity contribution in [3.8, 4) is 5.75 Å². The van der Waals surface area contributed by atoms with E-state index in [1.165, 1.54) is 0 Å². The molecular formula is C15H22BrClO3S. The van der Waals surface area contributed by atoms with E-state index in [0.29, 0.717) is 19.4 Å². The zero-order valence-electron chi connectivity index (χ0n) is 12.9. The van der Waals surface area contributed by atoms with Gasteiger partial charge in [-0.25, -0.2) is 8.42 Å². The van der Waals surface area contributed by atoms with Gasteiger partial charge in [-0.1, -0.05) is 29.8 Å². The fourth-order valence-electron chi connectivity index (χ4n) is 2.29. The Labute approximate surface area is 140 Å². The van der Waals surface area contributed by atoms with Crippen molar-refractivity contribution in [2.45, 2.75) is 40.5 Å². The Morgan fingerprint density at radius 3 is 2.05 bits per heavy atom. The molecule has 0 radical (unpaired) electrons. The average molecular weight is 398 g/mol. The van der Waals surface area contributed by atoms with E-state index in [1.54, 1.807) is 0 Å². The highest BCUT2D eigenvalue weighted by molar-refractivity contribution is 9.10. The summed E-state index contributed by atoms with van der Waals surface area (Å²) < 4.78 is 29.8. The van der Waals surface area contributed by atoms with E-state index in [9.17, 15) is 8.42 Å². The van der Waals surface area contributed by atoms with E-state index in [4.69, 9.17) is 15.4 Å². The van der Waals surface area contributed by atoms with Crippen molar-refractivity contribution in [3.05, 3.63) is 27.7 Å². The number of benzene rings is 1. The Morgan fingerprint density at radius 2 is 1.67 bits per heavy atom. The highest BCUT2D eigenvalue weighted by Gasteiger charge is 2.32. The minimum atomic E-state index is -3.55. The van der Waals surface area contributed by atoms with Crippen molar-refractivity contribution in [2.75, 3.05) is 12.4 Å². The number of ether oxygens (including phenoxy) is 1. The predicted octanol–water partition coefficient (Wildman–Crippen LogP) is 4.82. The maximum atomic E-state index is 11.4. The van der Waals surface area contributed by atoms with Crippen LogP contribution in [-0.4, -0.2) is 20.8 Å². The summed E-state index contributed by atoms with van der Waals surface area (Å²) in [5.41, 5.74) is 1.73. The van der Waals surface area contributed by atoms with Crippen LogP contribution in [0.5, 0.6) is 5.75 Å². The van der Waals surface area contributed by atoms with E-state index >= 15 is 0 Å². The molecule has 3 nitrogen and oxygen atoms in total. The van der Waals surface area contributed by atoms with Gasteiger partial charge in [0.15, 0.2) is 0 Å². The molecule has 0 atom stereocenters. The Hall–Kier alpha value is -0.260. The fraction of sp³-hybridized carbons (Fsp3) is 0.600. The van der Waals surface area contributed by atoms with Crippen molar-refractivity contribution in [1.29, 1.82) is 0 Å². The lowest BCUT2D eigenvalue weighted by Crippen LogP contribution is -2.33. The first-order valence-electron chi connectivity index (χ1n) is 6.94. The molecule has 0 unspecified atom stereocenters. The molecule has 0 bridgehead atoms. The third-order valence-corrected chi connectivity index (χ3v) is 6.47. The molecule has 0 N–H and O–H groups in total. The quantitative estimate of drug-likeness (QED) is 0.619. The summed E-state index contributed by atoms with van der Waals surface area (Å²) in [6, 6.07) is 3.89. The molecule has 1 rings (SSSR count). The van der Waals surface area contributed by atoms with Crippen molar-refractivity contribution in [2.24, 2.45) is 5.41 Å². The molecule has 0 fully saturated rings. The fourth-order valence-corrected chi connectivity index (χ4v) is 4.44. The van der Waals surface area contributed by atoms with E-state index in [2.05, 4.69) is 15.9 Å². The van der Waals surface area contributed by atoms with Gasteiger partial charge in [0.1, 0.15) is 5.75 Å². The summed E-state index contributed by atoms with van der Waals surface area (Å²) in [4.78, 5) is 0. The summed E-state index contributed by atoms with van der Waals surface area (Å²) in [6.07, 6.45) is 1.40. The van der Waals surface area contributed by atoms with Gasteiger partial charge in [0.05, 0.1) is 12.4 Å². The largest absolute Gasteiger partial charge is 0.493 e. The van der Waals surface area contributed by atoms with Crippen molar-refractivity contribution < 1.29 is 13.2 Å². The maximum absolute atomic E-state index is 11.4. The molecule has 0 spiro atoms. The number of halogens is 2. The molecule has 0 saturated carbocycles. The Morgan fingerprint density at radius 1 is 1.19 bits per heavy atom. The van der Waals surface area contributed by atoms with Gasteiger partial charge in [-0.3, -0.25) is 0 Å². The van der Waals surface area contributed by atoms with Crippen LogP contribution in [0, 0.1) is 19.3 Å². The van der Waals surface area contributed by atoms with Crippen LogP contribution in [0.25, 0.3) is 0 Å². The van der Waals surface area contributed by atoms with Crippen LogP contribution < -0.4 is 4.74 Å². The molecular weight excluding hydrogens is 376 g/mol. The molecule has 0 amide bonds. The standard InChI is InChI=1S/C15H22BrClO3S/c1-5-15(6-2,10-21(17,18)19)9-20-13-7-11(3)14(16)12(4)8-13/h7-8H,5-6,9-10H2,1-4H3. The van der Waals surface area contributed by atoms with Crippen LogP contribution in [0.1, 0.15) is 37.8 Å². The van der Waals surface area contributed by atoms with Gasteiger partial charge in [0.25, 0.3) is 0 Å². The normalized spacial score (nSPS) is 12.5.